The van der Waals surface area contributed by atoms with Crippen LogP contribution < -0.4 is 0 Å². The second-order valence-corrected chi connectivity index (χ2v) is 4.28. The van der Waals surface area contributed by atoms with Gasteiger partial charge in [0.1, 0.15) is 0 Å². The Hall–Kier alpha value is -1.06. The minimum atomic E-state index is -0.858. The summed E-state index contributed by atoms with van der Waals surface area (Å²) in [5.74, 6) is -0.750. The van der Waals surface area contributed by atoms with Gasteiger partial charge in [0.2, 0.25) is 5.91 Å². The van der Waals surface area contributed by atoms with Crippen LogP contribution in [0.5, 0.6) is 0 Å². The van der Waals surface area contributed by atoms with Crippen LogP contribution in [0.2, 0.25) is 0 Å². The molecular weight excluding hydrogens is 206 g/mol. The molecule has 0 spiro atoms. The molecule has 0 aliphatic rings. The Morgan fingerprint density at radius 3 is 2.00 bits per heavy atom. The molecule has 0 aromatic carbocycles. The van der Waals surface area contributed by atoms with Gasteiger partial charge in [-0.1, -0.05) is 13.8 Å². The fraction of sp³-hybridized carbons (Fsp3) is 0.833. The van der Waals surface area contributed by atoms with Crippen LogP contribution >= 0.6 is 0 Å². The standard InChI is InChI=1S/C12H23NO3/c1-5-10(6-2)12(16)13(9(3)4)8-7-11(14)15/h9-10H,5-8H2,1-4H3,(H,14,15). The molecule has 0 radical (unpaired) electrons. The van der Waals surface area contributed by atoms with Gasteiger partial charge >= 0.3 is 5.97 Å². The number of hydrogen-bond acceptors (Lipinski definition) is 2. The molecule has 0 rings (SSSR count). The molecule has 0 bridgehead atoms. The molecule has 0 aromatic heterocycles. The number of carbonyl (C=O) groups excluding carboxylic acids is 1. The minimum Gasteiger partial charge on any atom is -0.481 e. The smallest absolute Gasteiger partial charge is 0.305 e. The van der Waals surface area contributed by atoms with Crippen molar-refractivity contribution in [2.45, 2.75) is 53.0 Å². The van der Waals surface area contributed by atoms with Crippen molar-refractivity contribution in [3.63, 3.8) is 0 Å². The highest BCUT2D eigenvalue weighted by Crippen LogP contribution is 2.14. The molecule has 1 amide bonds. The molecule has 16 heavy (non-hydrogen) atoms. The molecule has 94 valence electrons. The highest BCUT2D eigenvalue weighted by Gasteiger charge is 2.23. The minimum absolute atomic E-state index is 0.0179. The normalized spacial score (nSPS) is 10.9. The van der Waals surface area contributed by atoms with Crippen molar-refractivity contribution in [3.05, 3.63) is 0 Å². The molecule has 0 heterocycles. The SMILES string of the molecule is CCC(CC)C(=O)N(CCC(=O)O)C(C)C. The molecular formula is C12H23NO3. The molecule has 0 saturated carbocycles. The van der Waals surface area contributed by atoms with Crippen LogP contribution in [-0.4, -0.2) is 34.5 Å². The van der Waals surface area contributed by atoms with Crippen molar-refractivity contribution < 1.29 is 14.7 Å². The molecule has 1 N–H and O–H groups in total. The highest BCUT2D eigenvalue weighted by atomic mass is 16.4. The van der Waals surface area contributed by atoms with Gasteiger partial charge in [0.05, 0.1) is 6.42 Å². The second-order valence-electron chi connectivity index (χ2n) is 4.28. The molecule has 4 nitrogen and oxygen atoms in total. The number of carboxylic acid groups (broad SMARTS) is 1. The summed E-state index contributed by atoms with van der Waals surface area (Å²) in [7, 11) is 0. The lowest BCUT2D eigenvalue weighted by atomic mass is 10.0. The van der Waals surface area contributed by atoms with E-state index < -0.39 is 5.97 Å². The molecule has 0 fully saturated rings. The van der Waals surface area contributed by atoms with Crippen LogP contribution in [-0.2, 0) is 9.59 Å². The number of amides is 1. The van der Waals surface area contributed by atoms with Gasteiger partial charge in [0.15, 0.2) is 0 Å². The lowest BCUT2D eigenvalue weighted by Gasteiger charge is -2.29. The first-order valence-electron chi connectivity index (χ1n) is 5.96. The summed E-state index contributed by atoms with van der Waals surface area (Å²) in [6.45, 7) is 8.12. The summed E-state index contributed by atoms with van der Waals surface area (Å²) in [4.78, 5) is 24.3. The van der Waals surface area contributed by atoms with Gasteiger partial charge in [-0.25, -0.2) is 0 Å². The first-order valence-corrected chi connectivity index (χ1v) is 5.96. The lowest BCUT2D eigenvalue weighted by molar-refractivity contribution is -0.140. The lowest BCUT2D eigenvalue weighted by Crippen LogP contribution is -2.41. The first-order chi connectivity index (χ1) is 7.43. The van der Waals surface area contributed by atoms with Crippen molar-refractivity contribution in [1.82, 2.24) is 4.90 Å². The van der Waals surface area contributed by atoms with E-state index >= 15 is 0 Å². The summed E-state index contributed by atoms with van der Waals surface area (Å²) >= 11 is 0. The fourth-order valence-electron chi connectivity index (χ4n) is 1.71. The summed E-state index contributed by atoms with van der Waals surface area (Å²) < 4.78 is 0. The average Bonchev–Trinajstić information content (AvgIpc) is 2.18. The van der Waals surface area contributed by atoms with E-state index in [4.69, 9.17) is 5.11 Å². The molecule has 0 aliphatic carbocycles. The number of hydrogen-bond donors (Lipinski definition) is 1. The Kier molecular flexibility index (Phi) is 6.77. The van der Waals surface area contributed by atoms with Gasteiger partial charge in [-0.15, -0.1) is 0 Å². The van der Waals surface area contributed by atoms with Gasteiger partial charge in [-0.3, -0.25) is 9.59 Å². The van der Waals surface area contributed by atoms with Crippen molar-refractivity contribution in [1.29, 1.82) is 0 Å². The third-order valence-electron chi connectivity index (χ3n) is 2.81. The molecule has 0 aliphatic heterocycles. The van der Waals surface area contributed by atoms with E-state index in [1.807, 2.05) is 27.7 Å². The van der Waals surface area contributed by atoms with Gasteiger partial charge in [-0.2, -0.15) is 0 Å². The maximum absolute atomic E-state index is 12.1. The molecule has 0 aromatic rings. The third-order valence-corrected chi connectivity index (χ3v) is 2.81. The van der Waals surface area contributed by atoms with Gasteiger partial charge in [-0.05, 0) is 26.7 Å². The van der Waals surface area contributed by atoms with Crippen LogP contribution in [0.3, 0.4) is 0 Å². The summed E-state index contributed by atoms with van der Waals surface area (Å²) in [5, 5.41) is 8.64. The quantitative estimate of drug-likeness (QED) is 0.727. The maximum atomic E-state index is 12.1. The molecule has 0 unspecified atom stereocenters. The van der Waals surface area contributed by atoms with Crippen LogP contribution in [0.4, 0.5) is 0 Å². The number of carbonyl (C=O) groups is 2. The van der Waals surface area contributed by atoms with Crippen LogP contribution in [0.1, 0.15) is 47.0 Å². The van der Waals surface area contributed by atoms with E-state index in [9.17, 15) is 9.59 Å². The van der Waals surface area contributed by atoms with Gasteiger partial charge < -0.3 is 10.0 Å². The number of carboxylic acids is 1. The van der Waals surface area contributed by atoms with Crippen molar-refractivity contribution >= 4 is 11.9 Å². The van der Waals surface area contributed by atoms with Crippen LogP contribution in [0, 0.1) is 5.92 Å². The molecule has 0 saturated heterocycles. The Bertz CT molecular complexity index is 234. The van der Waals surface area contributed by atoms with Gasteiger partial charge in [0, 0.05) is 18.5 Å². The van der Waals surface area contributed by atoms with E-state index in [0.717, 1.165) is 12.8 Å². The largest absolute Gasteiger partial charge is 0.481 e. The van der Waals surface area contributed by atoms with Crippen molar-refractivity contribution in [3.8, 4) is 0 Å². The summed E-state index contributed by atoms with van der Waals surface area (Å²) in [5.41, 5.74) is 0. The summed E-state index contributed by atoms with van der Waals surface area (Å²) in [6, 6.07) is 0.0625. The maximum Gasteiger partial charge on any atom is 0.305 e. The average molecular weight is 229 g/mol. The van der Waals surface area contributed by atoms with E-state index in [1.54, 1.807) is 4.90 Å². The zero-order valence-electron chi connectivity index (χ0n) is 10.7. The van der Waals surface area contributed by atoms with E-state index in [-0.39, 0.29) is 24.3 Å². The monoisotopic (exact) mass is 229 g/mol. The van der Waals surface area contributed by atoms with E-state index in [2.05, 4.69) is 0 Å². The predicted molar refractivity (Wildman–Crippen MR) is 63.2 cm³/mol. The van der Waals surface area contributed by atoms with Crippen molar-refractivity contribution in [2.75, 3.05) is 6.54 Å². The number of rotatable bonds is 7. The van der Waals surface area contributed by atoms with E-state index in [0.29, 0.717) is 6.54 Å². The first kappa shape index (κ1) is 14.9. The second kappa shape index (κ2) is 7.25. The van der Waals surface area contributed by atoms with Crippen molar-refractivity contribution in [2.24, 2.45) is 5.92 Å². The zero-order valence-corrected chi connectivity index (χ0v) is 10.7. The van der Waals surface area contributed by atoms with Crippen LogP contribution in [0.25, 0.3) is 0 Å². The Balaban J connectivity index is 4.51. The van der Waals surface area contributed by atoms with E-state index in [1.165, 1.54) is 0 Å². The van der Waals surface area contributed by atoms with Crippen LogP contribution in [0.15, 0.2) is 0 Å². The molecule has 4 heteroatoms. The predicted octanol–water partition coefficient (Wildman–Crippen LogP) is 2.13. The number of aliphatic carboxylic acids is 1. The number of nitrogens with zero attached hydrogens (tertiary/aromatic N) is 1. The Morgan fingerprint density at radius 2 is 1.69 bits per heavy atom. The third kappa shape index (κ3) is 4.64. The Morgan fingerprint density at radius 1 is 1.19 bits per heavy atom. The topological polar surface area (TPSA) is 57.6 Å². The summed E-state index contributed by atoms with van der Waals surface area (Å²) in [6.07, 6.45) is 1.64. The fourth-order valence-corrected chi connectivity index (χ4v) is 1.71. The highest BCUT2D eigenvalue weighted by molar-refractivity contribution is 5.79. The van der Waals surface area contributed by atoms with Gasteiger partial charge in [0.25, 0.3) is 0 Å². The zero-order chi connectivity index (χ0) is 12.7. The molecule has 0 atom stereocenters. The Labute approximate surface area is 97.6 Å².